The molecule has 122 valence electrons. The number of ether oxygens (including phenoxy) is 2. The highest BCUT2D eigenvalue weighted by atomic mass is 32.1. The largest absolute Gasteiger partial charge is 0.381 e. The van der Waals surface area contributed by atoms with Gasteiger partial charge in [0.25, 0.3) is 5.91 Å². The summed E-state index contributed by atoms with van der Waals surface area (Å²) in [5.74, 6) is 0.141. The van der Waals surface area contributed by atoms with Gasteiger partial charge in [0.2, 0.25) is 0 Å². The van der Waals surface area contributed by atoms with E-state index in [1.165, 1.54) is 4.70 Å². The molecule has 0 unspecified atom stereocenters. The lowest BCUT2D eigenvalue weighted by Crippen LogP contribution is -2.44. The van der Waals surface area contributed by atoms with Crippen molar-refractivity contribution in [1.82, 2.24) is 4.90 Å². The van der Waals surface area contributed by atoms with E-state index >= 15 is 0 Å². The van der Waals surface area contributed by atoms with Crippen LogP contribution >= 0.6 is 11.3 Å². The number of carbonyl (C=O) groups is 1. The highest BCUT2D eigenvalue weighted by molar-refractivity contribution is 7.20. The highest BCUT2D eigenvalue weighted by Crippen LogP contribution is 2.34. The zero-order valence-electron chi connectivity index (χ0n) is 13.1. The van der Waals surface area contributed by atoms with Crippen LogP contribution in [0, 0.1) is 5.41 Å². The Morgan fingerprint density at radius 1 is 1.13 bits per heavy atom. The second kappa shape index (κ2) is 6.23. The molecule has 2 saturated heterocycles. The highest BCUT2D eigenvalue weighted by Gasteiger charge is 2.38. The summed E-state index contributed by atoms with van der Waals surface area (Å²) in [4.78, 5) is 15.8. The fourth-order valence-electron chi connectivity index (χ4n) is 3.52. The van der Waals surface area contributed by atoms with Crippen LogP contribution in [0.15, 0.2) is 30.3 Å². The van der Waals surface area contributed by atoms with E-state index < -0.39 is 0 Å². The Bertz CT molecular complexity index is 672. The van der Waals surface area contributed by atoms with Crippen LogP contribution in [-0.2, 0) is 9.47 Å². The fourth-order valence-corrected chi connectivity index (χ4v) is 4.55. The number of hydrogen-bond acceptors (Lipinski definition) is 4. The maximum Gasteiger partial charge on any atom is 0.264 e. The van der Waals surface area contributed by atoms with Crippen molar-refractivity contribution in [2.24, 2.45) is 5.41 Å². The lowest BCUT2D eigenvalue weighted by atomic mass is 9.80. The Morgan fingerprint density at radius 2 is 1.96 bits per heavy atom. The van der Waals surface area contributed by atoms with E-state index in [0.717, 1.165) is 49.5 Å². The van der Waals surface area contributed by atoms with Crippen molar-refractivity contribution in [2.45, 2.75) is 12.8 Å². The van der Waals surface area contributed by atoms with Gasteiger partial charge >= 0.3 is 0 Å². The number of hydrogen-bond donors (Lipinski definition) is 0. The predicted molar refractivity (Wildman–Crippen MR) is 91.0 cm³/mol. The van der Waals surface area contributed by atoms with E-state index in [1.54, 1.807) is 11.3 Å². The van der Waals surface area contributed by atoms with Crippen molar-refractivity contribution in [1.29, 1.82) is 0 Å². The Morgan fingerprint density at radius 3 is 2.78 bits per heavy atom. The average molecular weight is 331 g/mol. The number of carbonyl (C=O) groups excluding carboxylic acids is 1. The van der Waals surface area contributed by atoms with Gasteiger partial charge in [-0.3, -0.25) is 4.79 Å². The second-order valence-electron chi connectivity index (χ2n) is 6.54. The average Bonchev–Trinajstić information content (AvgIpc) is 2.92. The molecule has 5 heteroatoms. The van der Waals surface area contributed by atoms with Crippen molar-refractivity contribution in [2.75, 3.05) is 39.5 Å². The normalized spacial score (nSPS) is 21.5. The quantitative estimate of drug-likeness (QED) is 0.806. The lowest BCUT2D eigenvalue weighted by molar-refractivity contribution is -0.0303. The standard InChI is InChI=1S/C18H21NO3S/c20-17(16-11-14-3-1-2-4-15(14)23-16)19-7-10-22-13-18(12-19)5-8-21-9-6-18/h1-4,11H,5-10,12-13H2. The van der Waals surface area contributed by atoms with E-state index in [9.17, 15) is 4.79 Å². The summed E-state index contributed by atoms with van der Waals surface area (Å²) in [6.45, 7) is 4.37. The fraction of sp³-hybridized carbons (Fsp3) is 0.500. The molecule has 0 bridgehead atoms. The van der Waals surface area contributed by atoms with Gasteiger partial charge in [-0.15, -0.1) is 11.3 Å². The minimum absolute atomic E-state index is 0.0705. The molecule has 2 fully saturated rings. The van der Waals surface area contributed by atoms with Crippen LogP contribution in [-0.4, -0.2) is 50.3 Å². The molecule has 1 spiro atoms. The molecule has 4 rings (SSSR count). The molecule has 0 saturated carbocycles. The molecule has 0 atom stereocenters. The summed E-state index contributed by atoms with van der Waals surface area (Å²) in [6.07, 6.45) is 1.95. The molecular formula is C18H21NO3S. The first-order chi connectivity index (χ1) is 11.3. The lowest BCUT2D eigenvalue weighted by Gasteiger charge is -2.38. The zero-order valence-corrected chi connectivity index (χ0v) is 13.9. The van der Waals surface area contributed by atoms with Crippen LogP contribution < -0.4 is 0 Å². The van der Waals surface area contributed by atoms with Crippen molar-refractivity contribution in [3.8, 4) is 0 Å². The van der Waals surface area contributed by atoms with Gasteiger partial charge in [-0.05, 0) is 30.4 Å². The summed E-state index contributed by atoms with van der Waals surface area (Å²) < 4.78 is 12.5. The minimum Gasteiger partial charge on any atom is -0.381 e. The summed E-state index contributed by atoms with van der Waals surface area (Å²) >= 11 is 1.58. The molecule has 2 aliphatic rings. The number of nitrogens with zero attached hydrogens (tertiary/aromatic N) is 1. The van der Waals surface area contributed by atoms with E-state index in [1.807, 2.05) is 23.1 Å². The van der Waals surface area contributed by atoms with Crippen molar-refractivity contribution in [3.05, 3.63) is 35.2 Å². The Hall–Kier alpha value is -1.43. The molecule has 0 aliphatic carbocycles. The van der Waals surface area contributed by atoms with Crippen molar-refractivity contribution < 1.29 is 14.3 Å². The van der Waals surface area contributed by atoms with E-state index in [0.29, 0.717) is 13.2 Å². The van der Waals surface area contributed by atoms with Gasteiger partial charge in [0.05, 0.1) is 18.1 Å². The van der Waals surface area contributed by atoms with Crippen LogP contribution in [0.25, 0.3) is 10.1 Å². The third kappa shape index (κ3) is 3.01. The first-order valence-corrected chi connectivity index (χ1v) is 9.01. The molecule has 3 heterocycles. The number of benzene rings is 1. The predicted octanol–water partition coefficient (Wildman–Crippen LogP) is 3.17. The maximum atomic E-state index is 13.0. The molecule has 4 nitrogen and oxygen atoms in total. The molecule has 23 heavy (non-hydrogen) atoms. The maximum absolute atomic E-state index is 13.0. The zero-order chi connectivity index (χ0) is 15.7. The smallest absolute Gasteiger partial charge is 0.264 e. The van der Waals surface area contributed by atoms with Gasteiger partial charge in [-0.25, -0.2) is 0 Å². The Kier molecular flexibility index (Phi) is 4.09. The van der Waals surface area contributed by atoms with Crippen LogP contribution in [0.2, 0.25) is 0 Å². The van der Waals surface area contributed by atoms with E-state index in [-0.39, 0.29) is 11.3 Å². The van der Waals surface area contributed by atoms with Crippen molar-refractivity contribution >= 4 is 27.3 Å². The van der Waals surface area contributed by atoms with Crippen LogP contribution in [0.5, 0.6) is 0 Å². The van der Waals surface area contributed by atoms with Crippen LogP contribution in [0.3, 0.4) is 0 Å². The number of fused-ring (bicyclic) bond motifs is 1. The first kappa shape index (κ1) is 15.1. The van der Waals surface area contributed by atoms with Gasteiger partial charge in [-0.2, -0.15) is 0 Å². The third-order valence-electron chi connectivity index (χ3n) is 4.92. The van der Waals surface area contributed by atoms with Crippen LogP contribution in [0.1, 0.15) is 22.5 Å². The van der Waals surface area contributed by atoms with Gasteiger partial charge in [0, 0.05) is 36.4 Å². The molecule has 2 aliphatic heterocycles. The molecule has 0 radical (unpaired) electrons. The summed E-state index contributed by atoms with van der Waals surface area (Å²) in [7, 11) is 0. The van der Waals surface area contributed by atoms with Gasteiger partial charge in [-0.1, -0.05) is 18.2 Å². The van der Waals surface area contributed by atoms with E-state index in [4.69, 9.17) is 9.47 Å². The Balaban J connectivity index is 1.58. The number of rotatable bonds is 1. The topological polar surface area (TPSA) is 38.8 Å². The molecule has 1 aromatic carbocycles. The van der Waals surface area contributed by atoms with Gasteiger partial charge in [0.15, 0.2) is 0 Å². The van der Waals surface area contributed by atoms with Crippen molar-refractivity contribution in [3.63, 3.8) is 0 Å². The Labute approximate surface area is 140 Å². The minimum atomic E-state index is 0.0705. The molecule has 2 aromatic rings. The summed E-state index contributed by atoms with van der Waals surface area (Å²) in [5.41, 5.74) is 0.0705. The molecule has 1 aromatic heterocycles. The summed E-state index contributed by atoms with van der Waals surface area (Å²) in [6, 6.07) is 10.2. The van der Waals surface area contributed by atoms with Gasteiger partial charge in [0.1, 0.15) is 0 Å². The third-order valence-corrected chi connectivity index (χ3v) is 6.02. The molecular weight excluding hydrogens is 310 g/mol. The molecule has 1 amide bonds. The number of amides is 1. The first-order valence-electron chi connectivity index (χ1n) is 8.19. The monoisotopic (exact) mass is 331 g/mol. The van der Waals surface area contributed by atoms with Crippen LogP contribution in [0.4, 0.5) is 0 Å². The van der Waals surface area contributed by atoms with Gasteiger partial charge < -0.3 is 14.4 Å². The number of thiophene rings is 1. The van der Waals surface area contributed by atoms with E-state index in [2.05, 4.69) is 12.1 Å². The second-order valence-corrected chi connectivity index (χ2v) is 7.62. The SMILES string of the molecule is O=C(c1cc2ccccc2s1)N1CCOCC2(CCOCC2)C1. The molecule has 0 N–H and O–H groups in total. The summed E-state index contributed by atoms with van der Waals surface area (Å²) in [5, 5.41) is 1.15.